The average molecular weight is 376 g/mol. The second-order valence-electron chi connectivity index (χ2n) is 6.57. The van der Waals surface area contributed by atoms with Crippen LogP contribution >= 0.6 is 11.3 Å². The van der Waals surface area contributed by atoms with Crippen molar-refractivity contribution in [2.24, 2.45) is 0 Å². The molecule has 0 spiro atoms. The first-order valence-electron chi connectivity index (χ1n) is 8.94. The van der Waals surface area contributed by atoms with Crippen molar-refractivity contribution >= 4 is 38.2 Å². The van der Waals surface area contributed by atoms with Gasteiger partial charge in [-0.3, -0.25) is 9.59 Å². The van der Waals surface area contributed by atoms with Crippen molar-refractivity contribution in [2.45, 2.75) is 20.0 Å². The van der Waals surface area contributed by atoms with Gasteiger partial charge in [-0.25, -0.2) is 0 Å². The van der Waals surface area contributed by atoms with Gasteiger partial charge in [-0.05, 0) is 24.6 Å². The summed E-state index contributed by atoms with van der Waals surface area (Å²) in [5.74, 6) is -0.0633. The molecular weight excluding hydrogens is 356 g/mol. The standard InChI is InChI=1S/C22H20N2O2S/c1-3-24-18-12-8-7-11-16(18)20-17(21(24)25)13-19(27-20)22(26)23(2)14-15-9-5-4-6-10-15/h4-13H,3,14H2,1-2H3. The molecule has 4 rings (SSSR count). The highest BCUT2D eigenvalue weighted by Crippen LogP contribution is 2.31. The van der Waals surface area contributed by atoms with Crippen molar-refractivity contribution in [3.8, 4) is 0 Å². The predicted octanol–water partition coefficient (Wildman–Crippen LogP) is 4.51. The molecule has 0 atom stereocenters. The summed E-state index contributed by atoms with van der Waals surface area (Å²) in [6, 6.07) is 19.5. The van der Waals surface area contributed by atoms with Crippen LogP contribution in [0.1, 0.15) is 22.2 Å². The van der Waals surface area contributed by atoms with Crippen molar-refractivity contribution in [1.82, 2.24) is 9.47 Å². The number of benzene rings is 2. The molecule has 0 aliphatic heterocycles. The van der Waals surface area contributed by atoms with Crippen LogP contribution < -0.4 is 5.56 Å². The van der Waals surface area contributed by atoms with Gasteiger partial charge in [0.2, 0.25) is 0 Å². The van der Waals surface area contributed by atoms with Gasteiger partial charge in [0.15, 0.2) is 0 Å². The molecule has 27 heavy (non-hydrogen) atoms. The van der Waals surface area contributed by atoms with E-state index in [0.717, 1.165) is 21.2 Å². The molecule has 2 heterocycles. The number of hydrogen-bond donors (Lipinski definition) is 0. The van der Waals surface area contributed by atoms with E-state index in [4.69, 9.17) is 0 Å². The van der Waals surface area contributed by atoms with Crippen molar-refractivity contribution < 1.29 is 4.79 Å². The second-order valence-corrected chi connectivity index (χ2v) is 7.62. The van der Waals surface area contributed by atoms with E-state index in [1.54, 1.807) is 22.6 Å². The fraction of sp³-hybridized carbons (Fsp3) is 0.182. The minimum absolute atomic E-state index is 0.0350. The smallest absolute Gasteiger partial charge is 0.264 e. The third-order valence-electron chi connectivity index (χ3n) is 4.78. The SMILES string of the molecule is CCn1c(=O)c2cc(C(=O)N(C)Cc3ccccc3)sc2c2ccccc21. The second kappa shape index (κ2) is 7.00. The molecule has 2 aromatic heterocycles. The minimum atomic E-state index is -0.0633. The average Bonchev–Trinajstić information content (AvgIpc) is 3.14. The molecule has 0 bridgehead atoms. The Morgan fingerprint density at radius 1 is 1.04 bits per heavy atom. The maximum atomic E-state index is 12.9. The Labute approximate surface area is 161 Å². The number of fused-ring (bicyclic) bond motifs is 3. The van der Waals surface area contributed by atoms with Crippen LogP contribution in [0.5, 0.6) is 0 Å². The fourth-order valence-corrected chi connectivity index (χ4v) is 4.62. The largest absolute Gasteiger partial charge is 0.337 e. The van der Waals surface area contributed by atoms with Gasteiger partial charge >= 0.3 is 0 Å². The molecule has 0 radical (unpaired) electrons. The Kier molecular flexibility index (Phi) is 4.54. The number of aryl methyl sites for hydroxylation is 1. The summed E-state index contributed by atoms with van der Waals surface area (Å²) in [5.41, 5.74) is 1.96. The highest BCUT2D eigenvalue weighted by molar-refractivity contribution is 7.21. The van der Waals surface area contributed by atoms with Crippen LogP contribution in [0.15, 0.2) is 65.5 Å². The highest BCUT2D eigenvalue weighted by Gasteiger charge is 2.19. The Bertz CT molecular complexity index is 1190. The molecule has 0 unspecified atom stereocenters. The van der Waals surface area contributed by atoms with Crippen LogP contribution in [0.3, 0.4) is 0 Å². The normalized spacial score (nSPS) is 11.2. The maximum Gasteiger partial charge on any atom is 0.264 e. The van der Waals surface area contributed by atoms with Crippen molar-refractivity contribution in [3.63, 3.8) is 0 Å². The number of carbonyl (C=O) groups is 1. The molecule has 0 fully saturated rings. The molecule has 0 N–H and O–H groups in total. The van der Waals surface area contributed by atoms with Gasteiger partial charge in [0.1, 0.15) is 0 Å². The summed E-state index contributed by atoms with van der Waals surface area (Å²) >= 11 is 1.40. The van der Waals surface area contributed by atoms with E-state index in [1.165, 1.54) is 11.3 Å². The lowest BCUT2D eigenvalue weighted by Gasteiger charge is -2.16. The summed E-state index contributed by atoms with van der Waals surface area (Å²) in [6.45, 7) is 3.10. The number of aromatic nitrogens is 1. The number of para-hydroxylation sites is 1. The van der Waals surface area contributed by atoms with Crippen molar-refractivity contribution in [2.75, 3.05) is 7.05 Å². The number of hydrogen-bond acceptors (Lipinski definition) is 3. The molecule has 0 aliphatic carbocycles. The van der Waals surface area contributed by atoms with E-state index in [1.807, 2.05) is 61.5 Å². The molecule has 2 aromatic carbocycles. The number of pyridine rings is 1. The quantitative estimate of drug-likeness (QED) is 0.526. The molecular formula is C22H20N2O2S. The van der Waals surface area contributed by atoms with Crippen LogP contribution in [-0.4, -0.2) is 22.4 Å². The van der Waals surface area contributed by atoms with E-state index in [9.17, 15) is 9.59 Å². The van der Waals surface area contributed by atoms with E-state index in [0.29, 0.717) is 23.4 Å². The number of thiophene rings is 1. The van der Waals surface area contributed by atoms with E-state index < -0.39 is 0 Å². The van der Waals surface area contributed by atoms with Gasteiger partial charge in [0.05, 0.1) is 15.8 Å². The maximum absolute atomic E-state index is 12.9. The molecule has 4 aromatic rings. The zero-order valence-electron chi connectivity index (χ0n) is 15.3. The Hall–Kier alpha value is -2.92. The van der Waals surface area contributed by atoms with Gasteiger partial charge in [0.25, 0.3) is 11.5 Å². The number of amides is 1. The summed E-state index contributed by atoms with van der Waals surface area (Å²) < 4.78 is 2.66. The van der Waals surface area contributed by atoms with Crippen LogP contribution in [-0.2, 0) is 13.1 Å². The number of carbonyl (C=O) groups excluding carboxylic acids is 1. The predicted molar refractivity (Wildman–Crippen MR) is 112 cm³/mol. The van der Waals surface area contributed by atoms with E-state index in [2.05, 4.69) is 0 Å². The molecule has 0 saturated heterocycles. The lowest BCUT2D eigenvalue weighted by Crippen LogP contribution is -2.25. The van der Waals surface area contributed by atoms with Crippen LogP contribution in [0.4, 0.5) is 0 Å². The monoisotopic (exact) mass is 376 g/mol. The fourth-order valence-electron chi connectivity index (χ4n) is 3.44. The summed E-state index contributed by atoms with van der Waals surface area (Å²) in [4.78, 5) is 28.2. The van der Waals surface area contributed by atoms with E-state index in [-0.39, 0.29) is 11.5 Å². The lowest BCUT2D eigenvalue weighted by atomic mass is 10.1. The van der Waals surface area contributed by atoms with Crippen molar-refractivity contribution in [3.05, 3.63) is 81.5 Å². The topological polar surface area (TPSA) is 42.3 Å². The minimum Gasteiger partial charge on any atom is -0.337 e. The summed E-state index contributed by atoms with van der Waals surface area (Å²) in [5, 5.41) is 1.64. The molecule has 5 heteroatoms. The molecule has 0 aliphatic rings. The molecule has 136 valence electrons. The molecule has 1 amide bonds. The van der Waals surface area contributed by atoms with Crippen LogP contribution in [0.25, 0.3) is 21.0 Å². The van der Waals surface area contributed by atoms with Gasteiger partial charge in [-0.15, -0.1) is 11.3 Å². The van der Waals surface area contributed by atoms with Crippen molar-refractivity contribution in [1.29, 1.82) is 0 Å². The summed E-state index contributed by atoms with van der Waals surface area (Å²) in [6.07, 6.45) is 0. The molecule has 0 saturated carbocycles. The van der Waals surface area contributed by atoms with Gasteiger partial charge in [-0.2, -0.15) is 0 Å². The van der Waals surface area contributed by atoms with Crippen LogP contribution in [0, 0.1) is 0 Å². The van der Waals surface area contributed by atoms with E-state index >= 15 is 0 Å². The van der Waals surface area contributed by atoms with Gasteiger partial charge in [0, 0.05) is 30.2 Å². The zero-order valence-corrected chi connectivity index (χ0v) is 16.1. The third-order valence-corrected chi connectivity index (χ3v) is 5.94. The zero-order chi connectivity index (χ0) is 19.0. The Morgan fingerprint density at radius 2 is 1.74 bits per heavy atom. The lowest BCUT2D eigenvalue weighted by molar-refractivity contribution is 0.0790. The van der Waals surface area contributed by atoms with Crippen LogP contribution in [0.2, 0.25) is 0 Å². The third kappa shape index (κ3) is 3.04. The Balaban J connectivity index is 1.79. The highest BCUT2D eigenvalue weighted by atomic mass is 32.1. The first-order valence-corrected chi connectivity index (χ1v) is 9.76. The number of rotatable bonds is 4. The first kappa shape index (κ1) is 17.5. The van der Waals surface area contributed by atoms with Gasteiger partial charge in [-0.1, -0.05) is 48.5 Å². The van der Waals surface area contributed by atoms with Gasteiger partial charge < -0.3 is 9.47 Å². The Morgan fingerprint density at radius 3 is 2.48 bits per heavy atom. The first-order chi connectivity index (χ1) is 13.1. The summed E-state index contributed by atoms with van der Waals surface area (Å²) in [7, 11) is 1.79. The number of nitrogens with zero attached hydrogens (tertiary/aromatic N) is 2. The molecule has 4 nitrogen and oxygen atoms in total.